The lowest BCUT2D eigenvalue weighted by atomic mass is 9.93. The number of nitrogens with zero attached hydrogens (tertiary/aromatic N) is 1. The number of rotatable bonds is 14. The Morgan fingerprint density at radius 1 is 1.00 bits per heavy atom. The van der Waals surface area contributed by atoms with E-state index >= 15 is 0 Å². The highest BCUT2D eigenvalue weighted by atomic mass is 32.2. The lowest BCUT2D eigenvalue weighted by molar-refractivity contribution is -0.146. The topological polar surface area (TPSA) is 162 Å². The van der Waals surface area contributed by atoms with Gasteiger partial charge in [-0.05, 0) is 91.3 Å². The van der Waals surface area contributed by atoms with Gasteiger partial charge in [-0.2, -0.15) is 0 Å². The number of sulfone groups is 1. The molecule has 0 bridgehead atoms. The van der Waals surface area contributed by atoms with Crippen LogP contribution in [0.3, 0.4) is 0 Å². The molecule has 0 saturated heterocycles. The van der Waals surface area contributed by atoms with Gasteiger partial charge in [-0.1, -0.05) is 43.7 Å². The number of carbonyl (C=O) groups is 3. The van der Waals surface area contributed by atoms with Crippen molar-refractivity contribution < 1.29 is 37.8 Å². The molecule has 0 radical (unpaired) electrons. The first-order valence-corrected chi connectivity index (χ1v) is 17.5. The van der Waals surface area contributed by atoms with E-state index in [-0.39, 0.29) is 28.4 Å². The maximum absolute atomic E-state index is 13.8. The van der Waals surface area contributed by atoms with Crippen LogP contribution in [-0.2, 0) is 21.2 Å². The van der Waals surface area contributed by atoms with Gasteiger partial charge in [-0.15, -0.1) is 0 Å². The number of aliphatic carboxylic acids is 1. The average molecular weight is 664 g/mol. The van der Waals surface area contributed by atoms with Gasteiger partial charge in [-0.3, -0.25) is 9.69 Å². The number of anilines is 2. The molecular weight excluding hydrogens is 622 g/mol. The number of carbonyl (C=O) groups excluding carboxylic acids is 2. The van der Waals surface area contributed by atoms with E-state index in [0.29, 0.717) is 17.9 Å². The van der Waals surface area contributed by atoms with Crippen LogP contribution in [0.1, 0.15) is 66.9 Å². The van der Waals surface area contributed by atoms with Gasteiger partial charge in [0.2, 0.25) is 0 Å². The van der Waals surface area contributed by atoms with Crippen LogP contribution in [-0.4, -0.2) is 62.0 Å². The van der Waals surface area contributed by atoms with E-state index in [1.54, 1.807) is 30.3 Å². The molecular formula is C35H41N3O8S. The molecule has 0 spiro atoms. The van der Waals surface area contributed by atoms with Crippen molar-refractivity contribution in [2.75, 3.05) is 29.6 Å². The minimum absolute atomic E-state index is 0.0206. The third-order valence-electron chi connectivity index (χ3n) is 7.73. The number of benzene rings is 3. The van der Waals surface area contributed by atoms with Crippen molar-refractivity contribution in [2.45, 2.75) is 63.0 Å². The fourth-order valence-electron chi connectivity index (χ4n) is 5.07. The van der Waals surface area contributed by atoms with Crippen molar-refractivity contribution in [1.29, 1.82) is 0 Å². The minimum atomic E-state index is -3.66. The summed E-state index contributed by atoms with van der Waals surface area (Å²) in [6, 6.07) is 18.2. The lowest BCUT2D eigenvalue weighted by Gasteiger charge is -2.24. The zero-order valence-corrected chi connectivity index (χ0v) is 27.4. The normalized spacial score (nSPS) is 13.6. The first-order valence-electron chi connectivity index (χ1n) is 15.6. The molecule has 11 nitrogen and oxygen atoms in total. The fraction of sp³-hybridized carbons (Fsp3) is 0.343. The van der Waals surface area contributed by atoms with E-state index in [2.05, 4.69) is 16.7 Å². The van der Waals surface area contributed by atoms with Crippen LogP contribution in [0.15, 0.2) is 77.7 Å². The molecule has 0 heterocycles. The molecule has 3 amide bonds. The molecule has 0 aliphatic heterocycles. The Labute approximate surface area is 275 Å². The summed E-state index contributed by atoms with van der Waals surface area (Å²) in [5.74, 6) is -1.76. The summed E-state index contributed by atoms with van der Waals surface area (Å²) < 4.78 is 30.9. The van der Waals surface area contributed by atoms with Crippen molar-refractivity contribution in [1.82, 2.24) is 5.32 Å². The molecule has 3 aromatic carbocycles. The summed E-state index contributed by atoms with van der Waals surface area (Å²) in [5, 5.41) is 23.5. The van der Waals surface area contributed by atoms with Crippen LogP contribution >= 0.6 is 0 Å². The highest BCUT2D eigenvalue weighted by Gasteiger charge is 2.21. The highest BCUT2D eigenvalue weighted by molar-refractivity contribution is 7.90. The predicted octanol–water partition coefficient (Wildman–Crippen LogP) is 5.64. The highest BCUT2D eigenvalue weighted by Crippen LogP contribution is 2.30. The molecule has 4 N–H and O–H groups in total. The number of allylic oxidation sites excluding steroid dienone is 2. The standard InChI is InChI=1S/C35H41N3O8S/c1-3-4-20-46-31-19-16-28(21-32(31)47(2,44)45)37-35(43)38(29-17-14-26(15-18-29)25-8-6-5-7-9-25)23-24-10-12-27(13-11-24)33(40)36-22-30(39)34(41)42/h8,10-19,21,30,39H,3-7,9,20,22-23H2,1-2H3,(H,36,40)(H,37,43)(H,41,42)/t30-/m1/s1. The number of ether oxygens (including phenoxy) is 1. The van der Waals surface area contributed by atoms with Crippen LogP contribution in [0.5, 0.6) is 5.75 Å². The minimum Gasteiger partial charge on any atom is -0.492 e. The van der Waals surface area contributed by atoms with E-state index in [0.717, 1.165) is 43.9 Å². The number of nitrogens with one attached hydrogen (secondary N) is 2. The van der Waals surface area contributed by atoms with Gasteiger partial charge in [0.25, 0.3) is 5.91 Å². The smallest absolute Gasteiger partial charge is 0.334 e. The summed E-state index contributed by atoms with van der Waals surface area (Å²) >= 11 is 0. The van der Waals surface area contributed by atoms with Crippen molar-refractivity contribution in [3.8, 4) is 5.75 Å². The van der Waals surface area contributed by atoms with Crippen LogP contribution in [0.25, 0.3) is 5.57 Å². The third-order valence-corrected chi connectivity index (χ3v) is 8.85. The number of carboxylic acids is 1. The van der Waals surface area contributed by atoms with Crippen molar-refractivity contribution in [3.63, 3.8) is 0 Å². The van der Waals surface area contributed by atoms with E-state index in [9.17, 15) is 27.9 Å². The SMILES string of the molecule is CCCCOc1ccc(NC(=O)N(Cc2ccc(C(=O)NC[C@@H](O)C(=O)O)cc2)c2ccc(C3=CCCCC3)cc2)cc1S(C)(=O)=O. The lowest BCUT2D eigenvalue weighted by Crippen LogP contribution is -2.36. The Bertz CT molecular complexity index is 1700. The Kier molecular flexibility index (Phi) is 12.2. The Balaban J connectivity index is 1.58. The van der Waals surface area contributed by atoms with Crippen LogP contribution < -0.4 is 20.3 Å². The molecule has 1 atom stereocenters. The number of unbranched alkanes of at least 4 members (excludes halogenated alkanes) is 1. The second kappa shape index (κ2) is 16.2. The summed E-state index contributed by atoms with van der Waals surface area (Å²) in [6.07, 6.45) is 7.63. The molecule has 47 heavy (non-hydrogen) atoms. The maximum atomic E-state index is 13.8. The number of hydrogen-bond donors (Lipinski definition) is 4. The van der Waals surface area contributed by atoms with E-state index in [1.807, 2.05) is 31.2 Å². The van der Waals surface area contributed by atoms with Gasteiger partial charge in [0.1, 0.15) is 10.6 Å². The van der Waals surface area contributed by atoms with Gasteiger partial charge in [0, 0.05) is 23.2 Å². The van der Waals surface area contributed by atoms with Crippen LogP contribution in [0, 0.1) is 0 Å². The van der Waals surface area contributed by atoms with Gasteiger partial charge in [0.15, 0.2) is 15.9 Å². The largest absolute Gasteiger partial charge is 0.492 e. The zero-order valence-electron chi connectivity index (χ0n) is 26.6. The second-order valence-electron chi connectivity index (χ2n) is 11.4. The Hall–Kier alpha value is -4.68. The van der Waals surface area contributed by atoms with Crippen molar-refractivity contribution in [2.24, 2.45) is 0 Å². The quantitative estimate of drug-likeness (QED) is 0.161. The molecule has 0 fully saturated rings. The Morgan fingerprint density at radius 3 is 2.34 bits per heavy atom. The monoisotopic (exact) mass is 663 g/mol. The van der Waals surface area contributed by atoms with Crippen LogP contribution in [0.2, 0.25) is 0 Å². The Morgan fingerprint density at radius 2 is 1.72 bits per heavy atom. The van der Waals surface area contributed by atoms with Gasteiger partial charge in [-0.25, -0.2) is 18.0 Å². The van der Waals surface area contributed by atoms with E-state index < -0.39 is 40.4 Å². The summed E-state index contributed by atoms with van der Waals surface area (Å²) in [4.78, 5) is 38.6. The van der Waals surface area contributed by atoms with E-state index in [1.165, 1.54) is 29.0 Å². The summed E-state index contributed by atoms with van der Waals surface area (Å²) in [5.41, 5.74) is 4.20. The first-order chi connectivity index (χ1) is 22.5. The molecule has 1 aliphatic rings. The molecule has 0 saturated carbocycles. The zero-order chi connectivity index (χ0) is 34.0. The van der Waals surface area contributed by atoms with Crippen LogP contribution in [0.4, 0.5) is 16.2 Å². The summed E-state index contributed by atoms with van der Waals surface area (Å²) in [7, 11) is -3.66. The number of urea groups is 1. The van der Waals surface area contributed by atoms with Gasteiger partial charge >= 0.3 is 12.0 Å². The predicted molar refractivity (Wildman–Crippen MR) is 180 cm³/mol. The number of aliphatic hydroxyl groups is 1. The summed E-state index contributed by atoms with van der Waals surface area (Å²) in [6.45, 7) is 2.05. The second-order valence-corrected chi connectivity index (χ2v) is 13.4. The van der Waals surface area contributed by atoms with Crippen molar-refractivity contribution in [3.05, 3.63) is 89.5 Å². The molecule has 0 aromatic heterocycles. The average Bonchev–Trinajstić information content (AvgIpc) is 3.06. The molecule has 250 valence electrons. The first kappa shape index (κ1) is 35.2. The molecule has 3 aromatic rings. The maximum Gasteiger partial charge on any atom is 0.334 e. The number of hydrogen-bond acceptors (Lipinski definition) is 7. The number of carboxylic acid groups (broad SMARTS) is 1. The number of aliphatic hydroxyl groups excluding tert-OH is 1. The van der Waals surface area contributed by atoms with Crippen molar-refractivity contribution >= 4 is 44.7 Å². The molecule has 4 rings (SSSR count). The molecule has 12 heteroatoms. The van der Waals surface area contributed by atoms with Gasteiger partial charge < -0.3 is 25.6 Å². The van der Waals surface area contributed by atoms with E-state index in [4.69, 9.17) is 9.84 Å². The molecule has 1 aliphatic carbocycles. The molecule has 0 unspecified atom stereocenters. The third kappa shape index (κ3) is 9.90. The fourth-order valence-corrected chi connectivity index (χ4v) is 5.90. The van der Waals surface area contributed by atoms with Gasteiger partial charge in [0.05, 0.1) is 19.7 Å². The number of amides is 3.